The van der Waals surface area contributed by atoms with Gasteiger partial charge in [-0.05, 0) is 45.0 Å². The smallest absolute Gasteiger partial charge is 0.349 e. The van der Waals surface area contributed by atoms with Crippen LogP contribution in [0.15, 0.2) is 64.1 Å². The number of nitrogens with zero attached hydrogens (tertiary/aromatic N) is 4. The SMILES string of the molecule is CC(C)(C)n1nc2c(c1-n1cccc1)CN(C(=O)c1cc3ccccc3oc1=O)C2. The van der Waals surface area contributed by atoms with Crippen LogP contribution in [0.25, 0.3) is 16.8 Å². The number of hydrogen-bond donors (Lipinski definition) is 0. The average Bonchev–Trinajstić information content (AvgIpc) is 3.41. The second-order valence-corrected chi connectivity index (χ2v) is 8.57. The first-order valence-corrected chi connectivity index (χ1v) is 9.90. The minimum absolute atomic E-state index is 0.0464. The summed E-state index contributed by atoms with van der Waals surface area (Å²) in [6, 6.07) is 12.7. The van der Waals surface area contributed by atoms with Gasteiger partial charge >= 0.3 is 5.63 Å². The van der Waals surface area contributed by atoms with Gasteiger partial charge in [0.25, 0.3) is 5.91 Å². The van der Waals surface area contributed by atoms with Gasteiger partial charge in [0.1, 0.15) is 17.0 Å². The lowest BCUT2D eigenvalue weighted by molar-refractivity contribution is 0.0744. The molecule has 30 heavy (non-hydrogen) atoms. The van der Waals surface area contributed by atoms with Crippen molar-refractivity contribution in [2.45, 2.75) is 39.4 Å². The van der Waals surface area contributed by atoms with Crippen LogP contribution in [0, 0.1) is 0 Å². The van der Waals surface area contributed by atoms with Crippen LogP contribution in [0.4, 0.5) is 0 Å². The van der Waals surface area contributed by atoms with Crippen molar-refractivity contribution in [3.63, 3.8) is 0 Å². The Morgan fingerprint density at radius 2 is 1.80 bits per heavy atom. The van der Waals surface area contributed by atoms with Crippen LogP contribution in [0.3, 0.4) is 0 Å². The van der Waals surface area contributed by atoms with Gasteiger partial charge in [-0.25, -0.2) is 9.48 Å². The van der Waals surface area contributed by atoms with Gasteiger partial charge in [-0.3, -0.25) is 4.79 Å². The van der Waals surface area contributed by atoms with Crippen LogP contribution >= 0.6 is 0 Å². The zero-order valence-electron chi connectivity index (χ0n) is 17.1. The fourth-order valence-corrected chi connectivity index (χ4v) is 3.94. The Morgan fingerprint density at radius 1 is 1.07 bits per heavy atom. The number of carbonyl (C=O) groups excluding carboxylic acids is 1. The summed E-state index contributed by atoms with van der Waals surface area (Å²) < 4.78 is 9.38. The van der Waals surface area contributed by atoms with Gasteiger partial charge in [-0.15, -0.1) is 0 Å². The van der Waals surface area contributed by atoms with E-state index in [9.17, 15) is 9.59 Å². The third kappa shape index (κ3) is 2.85. The minimum atomic E-state index is -0.617. The standard InChI is InChI=1S/C23H22N4O3/c1-23(2,3)27-20(25-10-6-7-11-25)17-13-26(14-18(17)24-27)21(28)16-12-15-8-4-5-9-19(15)30-22(16)29/h4-12H,13-14H2,1-3H3. The topological polar surface area (TPSA) is 73.3 Å². The molecule has 0 saturated carbocycles. The molecule has 7 nitrogen and oxygen atoms in total. The number of amides is 1. The fraction of sp³-hybridized carbons (Fsp3) is 0.261. The summed E-state index contributed by atoms with van der Waals surface area (Å²) in [5, 5.41) is 5.54. The first-order chi connectivity index (χ1) is 14.3. The largest absolute Gasteiger partial charge is 0.422 e. The molecule has 1 aliphatic rings. The van der Waals surface area contributed by atoms with Gasteiger partial charge in [-0.1, -0.05) is 18.2 Å². The molecule has 5 rings (SSSR count). The van der Waals surface area contributed by atoms with Gasteiger partial charge in [0.05, 0.1) is 24.3 Å². The number of carbonyl (C=O) groups is 1. The van der Waals surface area contributed by atoms with Crippen molar-refractivity contribution >= 4 is 16.9 Å². The predicted molar refractivity (Wildman–Crippen MR) is 113 cm³/mol. The Bertz CT molecular complexity index is 1320. The molecule has 0 fully saturated rings. The fourth-order valence-electron chi connectivity index (χ4n) is 3.94. The lowest BCUT2D eigenvalue weighted by Gasteiger charge is -2.24. The van der Waals surface area contributed by atoms with Gasteiger partial charge in [0.2, 0.25) is 0 Å². The normalized spacial score (nSPS) is 13.8. The van der Waals surface area contributed by atoms with Crippen molar-refractivity contribution < 1.29 is 9.21 Å². The van der Waals surface area contributed by atoms with Crippen LogP contribution in [0.2, 0.25) is 0 Å². The molecule has 1 amide bonds. The summed E-state index contributed by atoms with van der Waals surface area (Å²) >= 11 is 0. The van der Waals surface area contributed by atoms with Crippen LogP contribution in [0.1, 0.15) is 42.4 Å². The van der Waals surface area contributed by atoms with E-state index in [4.69, 9.17) is 9.52 Å². The zero-order valence-corrected chi connectivity index (χ0v) is 17.1. The van der Waals surface area contributed by atoms with Gasteiger partial charge in [0, 0.05) is 23.3 Å². The van der Waals surface area contributed by atoms with E-state index in [1.165, 1.54) is 0 Å². The van der Waals surface area contributed by atoms with E-state index in [1.54, 1.807) is 23.1 Å². The quantitative estimate of drug-likeness (QED) is 0.479. The lowest BCUT2D eigenvalue weighted by Crippen LogP contribution is -2.31. The predicted octanol–water partition coefficient (Wildman–Crippen LogP) is 3.69. The Kier molecular flexibility index (Phi) is 3.96. The first kappa shape index (κ1) is 18.4. The highest BCUT2D eigenvalue weighted by Crippen LogP contribution is 2.32. The molecule has 0 atom stereocenters. The van der Waals surface area contributed by atoms with Gasteiger partial charge in [0.15, 0.2) is 0 Å². The summed E-state index contributed by atoms with van der Waals surface area (Å²) in [7, 11) is 0. The van der Waals surface area contributed by atoms with E-state index >= 15 is 0 Å². The van der Waals surface area contributed by atoms with E-state index in [0.29, 0.717) is 18.7 Å². The Labute approximate surface area is 173 Å². The number of fused-ring (bicyclic) bond motifs is 2. The first-order valence-electron chi connectivity index (χ1n) is 9.90. The molecule has 0 spiro atoms. The molecule has 0 bridgehead atoms. The summed E-state index contributed by atoms with van der Waals surface area (Å²) in [5.74, 6) is 0.608. The van der Waals surface area contributed by atoms with Crippen LogP contribution in [0.5, 0.6) is 0 Å². The highest BCUT2D eigenvalue weighted by atomic mass is 16.4. The number of benzene rings is 1. The lowest BCUT2D eigenvalue weighted by atomic mass is 10.1. The Hall–Kier alpha value is -3.61. The maximum absolute atomic E-state index is 13.2. The van der Waals surface area contributed by atoms with E-state index in [1.807, 2.05) is 45.9 Å². The number of para-hydroxylation sites is 1. The van der Waals surface area contributed by atoms with Crippen molar-refractivity contribution in [2.75, 3.05) is 0 Å². The van der Waals surface area contributed by atoms with Crippen LogP contribution < -0.4 is 5.63 Å². The maximum Gasteiger partial charge on any atom is 0.349 e. The molecule has 3 aromatic heterocycles. The van der Waals surface area contributed by atoms with Crippen molar-refractivity contribution in [2.24, 2.45) is 0 Å². The molecule has 152 valence electrons. The molecule has 0 aliphatic carbocycles. The molecule has 0 saturated heterocycles. The third-order valence-corrected chi connectivity index (χ3v) is 5.37. The molecule has 7 heteroatoms. The number of aromatic nitrogens is 3. The highest BCUT2D eigenvalue weighted by molar-refractivity contribution is 5.96. The number of hydrogen-bond acceptors (Lipinski definition) is 4. The molecule has 0 N–H and O–H groups in total. The van der Waals surface area contributed by atoms with E-state index in [2.05, 4.69) is 20.8 Å². The summed E-state index contributed by atoms with van der Waals surface area (Å²) in [6.07, 6.45) is 3.95. The monoisotopic (exact) mass is 402 g/mol. The zero-order chi connectivity index (χ0) is 21.0. The highest BCUT2D eigenvalue weighted by Gasteiger charge is 2.34. The average molecular weight is 402 g/mol. The summed E-state index contributed by atoms with van der Waals surface area (Å²) in [5.41, 5.74) is 1.55. The maximum atomic E-state index is 13.2. The van der Waals surface area contributed by atoms with Crippen molar-refractivity contribution in [1.82, 2.24) is 19.2 Å². The molecular formula is C23H22N4O3. The summed E-state index contributed by atoms with van der Waals surface area (Å²) in [4.78, 5) is 27.3. The molecule has 1 aromatic carbocycles. The molecular weight excluding hydrogens is 380 g/mol. The second kappa shape index (κ2) is 6.45. The van der Waals surface area contributed by atoms with E-state index in [0.717, 1.165) is 22.5 Å². The second-order valence-electron chi connectivity index (χ2n) is 8.57. The van der Waals surface area contributed by atoms with E-state index < -0.39 is 5.63 Å². The summed E-state index contributed by atoms with van der Waals surface area (Å²) in [6.45, 7) is 7.06. The van der Waals surface area contributed by atoms with E-state index in [-0.39, 0.29) is 17.0 Å². The number of rotatable bonds is 2. The van der Waals surface area contributed by atoms with Crippen molar-refractivity contribution in [1.29, 1.82) is 0 Å². The van der Waals surface area contributed by atoms with Gasteiger partial charge < -0.3 is 13.9 Å². The Balaban J connectivity index is 1.53. The van der Waals surface area contributed by atoms with Crippen molar-refractivity contribution in [3.05, 3.63) is 82.1 Å². The molecule has 0 unspecified atom stereocenters. The van der Waals surface area contributed by atoms with Crippen molar-refractivity contribution in [3.8, 4) is 5.82 Å². The molecule has 4 aromatic rings. The van der Waals surface area contributed by atoms with Crippen LogP contribution in [-0.4, -0.2) is 25.2 Å². The molecule has 1 aliphatic heterocycles. The molecule has 0 radical (unpaired) electrons. The minimum Gasteiger partial charge on any atom is -0.422 e. The molecule has 4 heterocycles. The third-order valence-electron chi connectivity index (χ3n) is 5.37. The van der Waals surface area contributed by atoms with Crippen LogP contribution in [-0.2, 0) is 18.6 Å². The van der Waals surface area contributed by atoms with Gasteiger partial charge in [-0.2, -0.15) is 5.10 Å². The Morgan fingerprint density at radius 3 is 2.53 bits per heavy atom.